The smallest absolute Gasteiger partial charge is 0.0701 e. The molecule has 2 aromatic rings. The van der Waals surface area contributed by atoms with E-state index < -0.39 is 0 Å². The van der Waals surface area contributed by atoms with Crippen molar-refractivity contribution in [1.82, 2.24) is 0 Å². The predicted molar refractivity (Wildman–Crippen MR) is 79.0 cm³/mol. The van der Waals surface area contributed by atoms with Crippen LogP contribution in [-0.2, 0) is 6.42 Å². The van der Waals surface area contributed by atoms with Gasteiger partial charge in [0.15, 0.2) is 0 Å². The highest BCUT2D eigenvalue weighted by atomic mass is 79.9. The maximum absolute atomic E-state index is 6.21. The van der Waals surface area contributed by atoms with Crippen LogP contribution in [-0.4, -0.2) is 6.54 Å². The summed E-state index contributed by atoms with van der Waals surface area (Å²) in [6.45, 7) is 0.610. The van der Waals surface area contributed by atoms with E-state index in [-0.39, 0.29) is 5.92 Å². The Kier molecular flexibility index (Phi) is 4.62. The summed E-state index contributed by atoms with van der Waals surface area (Å²) in [7, 11) is 0. The topological polar surface area (TPSA) is 26.0 Å². The highest BCUT2D eigenvalue weighted by Crippen LogP contribution is 2.30. The van der Waals surface area contributed by atoms with Crippen LogP contribution < -0.4 is 5.73 Å². The van der Waals surface area contributed by atoms with E-state index in [1.807, 2.05) is 18.2 Å². The number of hydrogen-bond acceptors (Lipinski definition) is 2. The summed E-state index contributed by atoms with van der Waals surface area (Å²) in [4.78, 5) is 1.33. The van der Waals surface area contributed by atoms with E-state index in [9.17, 15) is 0 Å². The maximum atomic E-state index is 6.21. The molecule has 2 rings (SSSR count). The van der Waals surface area contributed by atoms with Crippen molar-refractivity contribution in [2.45, 2.75) is 12.3 Å². The molecule has 1 aromatic heterocycles. The lowest BCUT2D eigenvalue weighted by Crippen LogP contribution is -2.14. The first-order chi connectivity index (χ1) is 8.20. The summed E-state index contributed by atoms with van der Waals surface area (Å²) in [5.74, 6) is 0.286. The van der Waals surface area contributed by atoms with Gasteiger partial charge in [0.1, 0.15) is 0 Å². The van der Waals surface area contributed by atoms with Crippen molar-refractivity contribution in [3.8, 4) is 0 Å². The molecule has 0 aliphatic carbocycles. The van der Waals surface area contributed by atoms with Gasteiger partial charge in [-0.2, -0.15) is 0 Å². The third-order valence-electron chi connectivity index (χ3n) is 2.71. The third kappa shape index (κ3) is 3.32. The molecular weight excluding hydrogens is 318 g/mol. The second-order valence-corrected chi connectivity index (χ2v) is 6.82. The average Bonchev–Trinajstić information content (AvgIpc) is 2.73. The Balaban J connectivity index is 2.20. The van der Waals surface area contributed by atoms with Gasteiger partial charge in [0, 0.05) is 15.8 Å². The van der Waals surface area contributed by atoms with Crippen LogP contribution in [0.4, 0.5) is 0 Å². The molecule has 1 unspecified atom stereocenters. The monoisotopic (exact) mass is 329 g/mol. The SMILES string of the molecule is NCC(Cc1ccc(Br)s1)c1ccccc1Cl. The average molecular weight is 331 g/mol. The zero-order valence-electron chi connectivity index (χ0n) is 9.20. The molecule has 0 amide bonds. The summed E-state index contributed by atoms with van der Waals surface area (Å²) in [6.07, 6.45) is 0.941. The van der Waals surface area contributed by atoms with E-state index in [4.69, 9.17) is 17.3 Å². The van der Waals surface area contributed by atoms with Crippen molar-refractivity contribution in [1.29, 1.82) is 0 Å². The van der Waals surface area contributed by atoms with Crippen LogP contribution in [0.2, 0.25) is 5.02 Å². The standard InChI is InChI=1S/C13H13BrClNS/c14-13-6-5-10(17-13)7-9(8-16)11-3-1-2-4-12(11)15/h1-6,9H,7-8,16H2. The third-order valence-corrected chi connectivity index (χ3v) is 4.70. The molecule has 0 bridgehead atoms. The van der Waals surface area contributed by atoms with Crippen molar-refractivity contribution in [3.05, 3.63) is 55.6 Å². The molecule has 1 heterocycles. The second kappa shape index (κ2) is 6.01. The lowest BCUT2D eigenvalue weighted by Gasteiger charge is -2.15. The van der Waals surface area contributed by atoms with Crippen molar-refractivity contribution in [2.75, 3.05) is 6.54 Å². The lowest BCUT2D eigenvalue weighted by molar-refractivity contribution is 0.701. The lowest BCUT2D eigenvalue weighted by atomic mass is 9.95. The van der Waals surface area contributed by atoms with E-state index in [1.54, 1.807) is 11.3 Å². The van der Waals surface area contributed by atoms with Crippen LogP contribution in [0, 0.1) is 0 Å². The number of nitrogens with two attached hydrogens (primary N) is 1. The Hall–Kier alpha value is -0.350. The Morgan fingerprint density at radius 2 is 2.00 bits per heavy atom. The normalized spacial score (nSPS) is 12.6. The Morgan fingerprint density at radius 3 is 2.59 bits per heavy atom. The number of thiophene rings is 1. The minimum Gasteiger partial charge on any atom is -0.330 e. The van der Waals surface area contributed by atoms with Gasteiger partial charge in [0.2, 0.25) is 0 Å². The van der Waals surface area contributed by atoms with E-state index >= 15 is 0 Å². The van der Waals surface area contributed by atoms with E-state index in [0.717, 1.165) is 20.8 Å². The highest BCUT2D eigenvalue weighted by molar-refractivity contribution is 9.11. The number of halogens is 2. The van der Waals surface area contributed by atoms with Crippen molar-refractivity contribution < 1.29 is 0 Å². The van der Waals surface area contributed by atoms with Gasteiger partial charge in [-0.15, -0.1) is 11.3 Å². The van der Waals surface area contributed by atoms with Crippen LogP contribution in [0.15, 0.2) is 40.2 Å². The number of rotatable bonds is 4. The Morgan fingerprint density at radius 1 is 1.24 bits per heavy atom. The van der Waals surface area contributed by atoms with Crippen LogP contribution in [0.1, 0.15) is 16.4 Å². The summed E-state index contributed by atoms with van der Waals surface area (Å²) < 4.78 is 1.16. The molecule has 1 atom stereocenters. The Labute approximate surface area is 119 Å². The largest absolute Gasteiger partial charge is 0.330 e. The van der Waals surface area contributed by atoms with Crippen LogP contribution in [0.3, 0.4) is 0 Å². The van der Waals surface area contributed by atoms with Crippen molar-refractivity contribution >= 4 is 38.9 Å². The second-order valence-electron chi connectivity index (χ2n) is 3.86. The van der Waals surface area contributed by atoms with Crippen LogP contribution >= 0.6 is 38.9 Å². The van der Waals surface area contributed by atoms with Crippen LogP contribution in [0.25, 0.3) is 0 Å². The molecule has 0 aliphatic heterocycles. The summed E-state index contributed by atoms with van der Waals surface area (Å²) in [5.41, 5.74) is 7.00. The molecule has 17 heavy (non-hydrogen) atoms. The fraction of sp³-hybridized carbons (Fsp3) is 0.231. The molecule has 0 radical (unpaired) electrons. The molecule has 0 saturated carbocycles. The molecule has 2 N–H and O–H groups in total. The van der Waals surface area contributed by atoms with Gasteiger partial charge in [-0.3, -0.25) is 0 Å². The first-order valence-corrected chi connectivity index (χ1v) is 7.38. The molecule has 90 valence electrons. The van der Waals surface area contributed by atoms with Gasteiger partial charge < -0.3 is 5.73 Å². The zero-order valence-corrected chi connectivity index (χ0v) is 12.4. The van der Waals surface area contributed by atoms with Gasteiger partial charge in [-0.1, -0.05) is 29.8 Å². The van der Waals surface area contributed by atoms with Crippen molar-refractivity contribution in [2.24, 2.45) is 5.73 Å². The molecule has 0 aliphatic rings. The molecule has 4 heteroatoms. The van der Waals surface area contributed by atoms with E-state index in [0.29, 0.717) is 6.54 Å². The minimum atomic E-state index is 0.286. The quantitative estimate of drug-likeness (QED) is 0.880. The first-order valence-electron chi connectivity index (χ1n) is 5.39. The maximum Gasteiger partial charge on any atom is 0.0701 e. The predicted octanol–water partition coefficient (Wildman–Crippen LogP) is 4.45. The fourth-order valence-corrected chi connectivity index (χ4v) is 3.68. The van der Waals surface area contributed by atoms with Gasteiger partial charge >= 0.3 is 0 Å². The molecule has 1 nitrogen and oxygen atoms in total. The van der Waals surface area contributed by atoms with Crippen LogP contribution in [0.5, 0.6) is 0 Å². The zero-order chi connectivity index (χ0) is 12.3. The molecule has 0 fully saturated rings. The van der Waals surface area contributed by atoms with Gasteiger partial charge in [0.05, 0.1) is 3.79 Å². The highest BCUT2D eigenvalue weighted by Gasteiger charge is 2.14. The minimum absolute atomic E-state index is 0.286. The van der Waals surface area contributed by atoms with E-state index in [2.05, 4.69) is 34.1 Å². The molecule has 1 aromatic carbocycles. The number of benzene rings is 1. The van der Waals surface area contributed by atoms with Gasteiger partial charge in [-0.25, -0.2) is 0 Å². The molecule has 0 saturated heterocycles. The Bertz CT molecular complexity index is 498. The summed E-state index contributed by atoms with van der Waals surface area (Å²) in [6, 6.07) is 12.1. The van der Waals surface area contributed by atoms with Crippen molar-refractivity contribution in [3.63, 3.8) is 0 Å². The molecular formula is C13H13BrClNS. The number of hydrogen-bond donors (Lipinski definition) is 1. The van der Waals surface area contributed by atoms with Gasteiger partial charge in [0.25, 0.3) is 0 Å². The summed E-state index contributed by atoms with van der Waals surface area (Å²) in [5, 5.41) is 0.804. The molecule has 0 spiro atoms. The summed E-state index contributed by atoms with van der Waals surface area (Å²) >= 11 is 11.4. The fourth-order valence-electron chi connectivity index (χ4n) is 1.83. The first kappa shape index (κ1) is 13.1. The van der Waals surface area contributed by atoms with Gasteiger partial charge in [-0.05, 0) is 52.7 Å². The van der Waals surface area contributed by atoms with E-state index in [1.165, 1.54) is 4.88 Å².